The van der Waals surface area contributed by atoms with Gasteiger partial charge in [-0.2, -0.15) is 0 Å². The fraction of sp³-hybridized carbons (Fsp3) is 0.125. The number of hydrogen-bond acceptors (Lipinski definition) is 5. The van der Waals surface area contributed by atoms with E-state index in [1.807, 2.05) is 5.38 Å². The van der Waals surface area contributed by atoms with Crippen molar-refractivity contribution in [2.45, 2.75) is 13.8 Å². The Morgan fingerprint density at radius 1 is 1.24 bits per heavy atom. The molecule has 0 aliphatic rings. The zero-order chi connectivity index (χ0) is 15.0. The second kappa shape index (κ2) is 5.18. The van der Waals surface area contributed by atoms with E-state index in [1.165, 1.54) is 18.3 Å². The molecule has 0 saturated heterocycles. The van der Waals surface area contributed by atoms with Crippen LogP contribution in [0.5, 0.6) is 5.75 Å². The summed E-state index contributed by atoms with van der Waals surface area (Å²) in [4.78, 5) is 24.2. The Morgan fingerprint density at radius 2 is 2.05 bits per heavy atom. The fourth-order valence-electron chi connectivity index (χ4n) is 2.25. The van der Waals surface area contributed by atoms with Crippen LogP contribution in [0.3, 0.4) is 0 Å². The van der Waals surface area contributed by atoms with Crippen molar-refractivity contribution in [1.29, 1.82) is 0 Å². The lowest BCUT2D eigenvalue weighted by Crippen LogP contribution is -2.06. The molecule has 0 N–H and O–H groups in total. The third-order valence-electron chi connectivity index (χ3n) is 3.12. The summed E-state index contributed by atoms with van der Waals surface area (Å²) in [5.41, 5.74) is 1.13. The van der Waals surface area contributed by atoms with Gasteiger partial charge in [0, 0.05) is 5.39 Å². The highest BCUT2D eigenvalue weighted by atomic mass is 32.1. The van der Waals surface area contributed by atoms with Gasteiger partial charge in [0.2, 0.25) is 0 Å². The molecule has 0 fully saturated rings. The normalized spacial score (nSPS) is 10.8. The Bertz CT molecular complexity index is 827. The molecule has 1 aromatic carbocycles. The van der Waals surface area contributed by atoms with E-state index in [1.54, 1.807) is 37.3 Å². The van der Waals surface area contributed by atoms with E-state index in [9.17, 15) is 9.59 Å². The number of esters is 1. The summed E-state index contributed by atoms with van der Waals surface area (Å²) in [6.07, 6.45) is 0. The number of aryl methyl sites for hydroxylation is 1. The van der Waals surface area contributed by atoms with E-state index in [0.29, 0.717) is 32.9 Å². The topological polar surface area (TPSA) is 56.5 Å². The molecule has 0 aliphatic carbocycles. The van der Waals surface area contributed by atoms with Crippen LogP contribution in [0.1, 0.15) is 32.7 Å². The maximum atomic E-state index is 11.9. The van der Waals surface area contributed by atoms with Gasteiger partial charge in [-0.05, 0) is 43.5 Å². The predicted octanol–water partition coefficient (Wildman–Crippen LogP) is 4.22. The molecule has 0 amide bonds. The average Bonchev–Trinajstić information content (AvgIpc) is 3.04. The van der Waals surface area contributed by atoms with E-state index in [-0.39, 0.29) is 5.78 Å². The van der Waals surface area contributed by atoms with E-state index < -0.39 is 5.97 Å². The Balaban J connectivity index is 1.99. The van der Waals surface area contributed by atoms with Crippen molar-refractivity contribution in [3.63, 3.8) is 0 Å². The molecule has 0 bridgehead atoms. The highest BCUT2D eigenvalue weighted by molar-refractivity contribution is 7.12. The molecular weight excluding hydrogens is 288 g/mol. The predicted molar refractivity (Wildman–Crippen MR) is 80.2 cm³/mol. The molecule has 0 radical (unpaired) electrons. The van der Waals surface area contributed by atoms with Crippen molar-refractivity contribution in [2.75, 3.05) is 0 Å². The molecule has 0 saturated carbocycles. The summed E-state index contributed by atoms with van der Waals surface area (Å²) in [7, 11) is 0. The van der Waals surface area contributed by atoms with Crippen LogP contribution in [0.15, 0.2) is 40.1 Å². The number of ether oxygens (including phenoxy) is 1. The standard InChI is InChI=1S/C16H12O4S/c1-9(17)15-10(2)19-13-6-5-11(8-12(13)15)20-16(18)14-4-3-7-21-14/h3-8H,1-2H3. The zero-order valence-electron chi connectivity index (χ0n) is 11.5. The van der Waals surface area contributed by atoms with E-state index >= 15 is 0 Å². The monoisotopic (exact) mass is 300 g/mol. The van der Waals surface area contributed by atoms with Crippen LogP contribution < -0.4 is 4.74 Å². The number of rotatable bonds is 3. The highest BCUT2D eigenvalue weighted by Gasteiger charge is 2.16. The summed E-state index contributed by atoms with van der Waals surface area (Å²) in [6.45, 7) is 3.23. The van der Waals surface area contributed by atoms with Crippen LogP contribution in [0.2, 0.25) is 0 Å². The minimum Gasteiger partial charge on any atom is -0.461 e. The molecule has 0 spiro atoms. The van der Waals surface area contributed by atoms with Crippen molar-refractivity contribution in [1.82, 2.24) is 0 Å². The summed E-state index contributed by atoms with van der Waals surface area (Å²) in [5.74, 6) is 0.477. The maximum absolute atomic E-state index is 11.9. The van der Waals surface area contributed by atoms with Gasteiger partial charge >= 0.3 is 5.97 Å². The minimum absolute atomic E-state index is 0.0759. The first kappa shape index (κ1) is 13.6. The van der Waals surface area contributed by atoms with Gasteiger partial charge in [0.15, 0.2) is 5.78 Å². The number of furan rings is 1. The zero-order valence-corrected chi connectivity index (χ0v) is 12.3. The van der Waals surface area contributed by atoms with Crippen LogP contribution in [0, 0.1) is 6.92 Å². The van der Waals surface area contributed by atoms with Gasteiger partial charge in [-0.1, -0.05) is 6.07 Å². The lowest BCUT2D eigenvalue weighted by atomic mass is 10.1. The van der Waals surface area contributed by atoms with Gasteiger partial charge in [0.1, 0.15) is 22.0 Å². The van der Waals surface area contributed by atoms with Gasteiger partial charge in [-0.15, -0.1) is 11.3 Å². The number of fused-ring (bicyclic) bond motifs is 1. The number of ketones is 1. The third kappa shape index (κ3) is 2.48. The smallest absolute Gasteiger partial charge is 0.353 e. The minimum atomic E-state index is -0.408. The van der Waals surface area contributed by atoms with Gasteiger partial charge in [-0.25, -0.2) is 4.79 Å². The summed E-state index contributed by atoms with van der Waals surface area (Å²) >= 11 is 1.32. The van der Waals surface area contributed by atoms with Crippen LogP contribution in [0.25, 0.3) is 11.0 Å². The molecule has 3 rings (SSSR count). The Labute approximate surface area is 125 Å². The van der Waals surface area contributed by atoms with Crippen molar-refractivity contribution in [2.24, 2.45) is 0 Å². The number of thiophene rings is 1. The van der Waals surface area contributed by atoms with Gasteiger partial charge < -0.3 is 9.15 Å². The van der Waals surface area contributed by atoms with Crippen molar-refractivity contribution in [3.05, 3.63) is 51.9 Å². The number of hydrogen-bond donors (Lipinski definition) is 0. The number of carbonyl (C=O) groups is 2. The molecule has 21 heavy (non-hydrogen) atoms. The first-order chi connectivity index (χ1) is 10.1. The molecule has 0 unspecified atom stereocenters. The average molecular weight is 300 g/mol. The third-order valence-corrected chi connectivity index (χ3v) is 3.97. The van der Waals surface area contributed by atoms with Crippen molar-refractivity contribution < 1.29 is 18.7 Å². The second-order valence-corrected chi connectivity index (χ2v) is 5.56. The first-order valence-corrected chi connectivity index (χ1v) is 7.24. The Hall–Kier alpha value is -2.40. The van der Waals surface area contributed by atoms with Gasteiger partial charge in [0.05, 0.1) is 5.56 Å². The van der Waals surface area contributed by atoms with Crippen LogP contribution >= 0.6 is 11.3 Å². The molecule has 0 atom stereocenters. The lowest BCUT2D eigenvalue weighted by Gasteiger charge is -2.02. The number of benzene rings is 1. The van der Waals surface area contributed by atoms with Gasteiger partial charge in [0.25, 0.3) is 0 Å². The molecule has 5 heteroatoms. The Morgan fingerprint density at radius 3 is 2.71 bits per heavy atom. The summed E-state index contributed by atoms with van der Waals surface area (Å²) < 4.78 is 10.9. The van der Waals surface area contributed by atoms with E-state index in [4.69, 9.17) is 9.15 Å². The largest absolute Gasteiger partial charge is 0.461 e. The lowest BCUT2D eigenvalue weighted by molar-refractivity contribution is 0.0740. The molecule has 2 heterocycles. The fourth-order valence-corrected chi connectivity index (χ4v) is 2.85. The first-order valence-electron chi connectivity index (χ1n) is 6.36. The van der Waals surface area contributed by atoms with Crippen molar-refractivity contribution in [3.8, 4) is 5.75 Å². The van der Waals surface area contributed by atoms with E-state index in [2.05, 4.69) is 0 Å². The maximum Gasteiger partial charge on any atom is 0.353 e. The number of carbonyl (C=O) groups excluding carboxylic acids is 2. The molecule has 4 nitrogen and oxygen atoms in total. The Kier molecular flexibility index (Phi) is 3.35. The van der Waals surface area contributed by atoms with Crippen LogP contribution in [-0.2, 0) is 0 Å². The SMILES string of the molecule is CC(=O)c1c(C)oc2ccc(OC(=O)c3cccs3)cc12. The highest BCUT2D eigenvalue weighted by Crippen LogP contribution is 2.29. The summed E-state index contributed by atoms with van der Waals surface area (Å²) in [6, 6.07) is 8.51. The van der Waals surface area contributed by atoms with E-state index in [0.717, 1.165) is 0 Å². The number of Topliss-reactive ketones (excluding diaryl/α,β-unsaturated/α-hetero) is 1. The molecular formula is C16H12O4S. The van der Waals surface area contributed by atoms with Crippen LogP contribution in [0.4, 0.5) is 0 Å². The summed E-state index contributed by atoms with van der Waals surface area (Å²) in [5, 5.41) is 2.48. The molecule has 106 valence electrons. The van der Waals surface area contributed by atoms with Crippen LogP contribution in [-0.4, -0.2) is 11.8 Å². The van der Waals surface area contributed by atoms with Crippen molar-refractivity contribution >= 4 is 34.1 Å². The molecule has 0 aliphatic heterocycles. The molecule has 3 aromatic rings. The van der Waals surface area contributed by atoms with Gasteiger partial charge in [-0.3, -0.25) is 4.79 Å². The molecule has 2 aromatic heterocycles. The quantitative estimate of drug-likeness (QED) is 0.413. The second-order valence-electron chi connectivity index (χ2n) is 4.61.